The third kappa shape index (κ3) is 5.70. The molecule has 1 aliphatic rings. The van der Waals surface area contributed by atoms with Crippen molar-refractivity contribution in [2.24, 2.45) is 0 Å². The molecule has 1 unspecified atom stereocenters. The molecule has 28 heavy (non-hydrogen) atoms. The van der Waals surface area contributed by atoms with Gasteiger partial charge in [0.25, 0.3) is 5.91 Å². The second-order valence-electron chi connectivity index (χ2n) is 6.45. The molecule has 1 amide bonds. The maximum Gasteiger partial charge on any atom is 0.252 e. The monoisotopic (exact) mass is 377 g/mol. The minimum atomic E-state index is -0.271. The number of hydrogen-bond acceptors (Lipinski definition) is 4. The predicted octanol–water partition coefficient (Wildman–Crippen LogP) is 3.58. The van der Waals surface area contributed by atoms with Crippen LogP contribution in [0.2, 0.25) is 0 Å². The lowest BCUT2D eigenvalue weighted by molar-refractivity contribution is -0.105. The summed E-state index contributed by atoms with van der Waals surface area (Å²) in [7, 11) is 0. The highest BCUT2D eigenvalue weighted by Crippen LogP contribution is 2.19. The summed E-state index contributed by atoms with van der Waals surface area (Å²) in [5.74, 6) is 6.60. The SMILES string of the molecule is O=Cc1ccccc1C(=O)NCCC#Cc1cccc(OC2CCCCO2)c1. The van der Waals surface area contributed by atoms with Crippen molar-refractivity contribution in [2.45, 2.75) is 32.0 Å². The standard InChI is InChI=1S/C23H23NO4/c25-17-19-10-1-2-12-21(19)23(26)24-14-5-3-8-18-9-7-11-20(16-18)28-22-13-4-6-15-27-22/h1-2,7,9-12,16-17,22H,4-6,13-15H2,(H,24,26). The molecule has 0 radical (unpaired) electrons. The second-order valence-corrected chi connectivity index (χ2v) is 6.45. The summed E-state index contributed by atoms with van der Waals surface area (Å²) in [5, 5.41) is 2.78. The van der Waals surface area contributed by atoms with Crippen LogP contribution in [0.25, 0.3) is 0 Å². The number of ether oxygens (including phenoxy) is 2. The molecule has 1 aliphatic heterocycles. The van der Waals surface area contributed by atoms with E-state index in [-0.39, 0.29) is 12.2 Å². The van der Waals surface area contributed by atoms with Crippen LogP contribution in [0.3, 0.4) is 0 Å². The van der Waals surface area contributed by atoms with Gasteiger partial charge in [-0.1, -0.05) is 36.1 Å². The van der Waals surface area contributed by atoms with Crippen molar-refractivity contribution in [1.29, 1.82) is 0 Å². The van der Waals surface area contributed by atoms with E-state index in [9.17, 15) is 9.59 Å². The molecule has 0 saturated carbocycles. The summed E-state index contributed by atoms with van der Waals surface area (Å²) in [6.07, 6.45) is 4.12. The van der Waals surface area contributed by atoms with Crippen LogP contribution in [0.1, 0.15) is 52.0 Å². The fourth-order valence-electron chi connectivity index (χ4n) is 2.91. The number of carbonyl (C=O) groups is 2. The van der Waals surface area contributed by atoms with Gasteiger partial charge in [0.1, 0.15) is 5.75 Å². The number of hydrogen-bond donors (Lipinski definition) is 1. The average molecular weight is 377 g/mol. The van der Waals surface area contributed by atoms with E-state index in [4.69, 9.17) is 9.47 Å². The van der Waals surface area contributed by atoms with Crippen LogP contribution >= 0.6 is 0 Å². The molecule has 1 N–H and O–H groups in total. The molecule has 0 aromatic heterocycles. The fourth-order valence-corrected chi connectivity index (χ4v) is 2.91. The Morgan fingerprint density at radius 2 is 2.11 bits per heavy atom. The van der Waals surface area contributed by atoms with E-state index in [1.54, 1.807) is 24.3 Å². The molecule has 2 aromatic carbocycles. The Kier molecular flexibility index (Phi) is 7.22. The third-order valence-corrected chi connectivity index (χ3v) is 4.34. The van der Waals surface area contributed by atoms with Gasteiger partial charge in [0.15, 0.2) is 12.6 Å². The molecule has 144 valence electrons. The van der Waals surface area contributed by atoms with Gasteiger partial charge in [-0.05, 0) is 37.1 Å². The largest absolute Gasteiger partial charge is 0.465 e. The van der Waals surface area contributed by atoms with Crippen molar-refractivity contribution in [3.63, 3.8) is 0 Å². The van der Waals surface area contributed by atoms with E-state index in [0.717, 1.165) is 37.2 Å². The van der Waals surface area contributed by atoms with Gasteiger partial charge in [-0.25, -0.2) is 0 Å². The summed E-state index contributed by atoms with van der Waals surface area (Å²) in [6.45, 7) is 1.15. The number of benzene rings is 2. The van der Waals surface area contributed by atoms with Crippen LogP contribution in [0.15, 0.2) is 48.5 Å². The fraction of sp³-hybridized carbons (Fsp3) is 0.304. The molecule has 5 heteroatoms. The summed E-state index contributed by atoms with van der Waals surface area (Å²) in [4.78, 5) is 23.1. The van der Waals surface area contributed by atoms with Crippen LogP contribution in [0, 0.1) is 11.8 Å². The molecule has 3 rings (SSSR count). The maximum atomic E-state index is 12.1. The van der Waals surface area contributed by atoms with E-state index >= 15 is 0 Å². The molecule has 1 saturated heterocycles. The first kappa shape index (κ1) is 19.7. The van der Waals surface area contributed by atoms with Gasteiger partial charge < -0.3 is 14.8 Å². The minimum absolute atomic E-state index is 0.179. The first-order chi connectivity index (χ1) is 13.8. The van der Waals surface area contributed by atoms with Crippen LogP contribution < -0.4 is 10.1 Å². The Labute approximate surface area is 165 Å². The molecule has 5 nitrogen and oxygen atoms in total. The number of carbonyl (C=O) groups excluding carboxylic acids is 2. The molecule has 1 atom stereocenters. The lowest BCUT2D eigenvalue weighted by Crippen LogP contribution is -2.25. The lowest BCUT2D eigenvalue weighted by atomic mass is 10.1. The molecule has 1 fully saturated rings. The van der Waals surface area contributed by atoms with Crippen molar-refractivity contribution < 1.29 is 19.1 Å². The highest BCUT2D eigenvalue weighted by atomic mass is 16.7. The van der Waals surface area contributed by atoms with Crippen molar-refractivity contribution in [3.8, 4) is 17.6 Å². The normalized spacial score (nSPS) is 15.8. The zero-order valence-electron chi connectivity index (χ0n) is 15.6. The molecule has 1 heterocycles. The Morgan fingerprint density at radius 1 is 1.21 bits per heavy atom. The van der Waals surface area contributed by atoms with Crippen molar-refractivity contribution in [3.05, 3.63) is 65.2 Å². The van der Waals surface area contributed by atoms with Gasteiger partial charge in [0.2, 0.25) is 0 Å². The van der Waals surface area contributed by atoms with Gasteiger partial charge >= 0.3 is 0 Å². The predicted molar refractivity (Wildman–Crippen MR) is 106 cm³/mol. The maximum absolute atomic E-state index is 12.1. The van der Waals surface area contributed by atoms with Crippen molar-refractivity contribution in [1.82, 2.24) is 5.32 Å². The number of nitrogens with one attached hydrogen (secondary N) is 1. The van der Waals surface area contributed by atoms with E-state index in [0.29, 0.717) is 30.4 Å². The minimum Gasteiger partial charge on any atom is -0.465 e. The Hall–Kier alpha value is -3.10. The first-order valence-corrected chi connectivity index (χ1v) is 9.46. The Morgan fingerprint density at radius 3 is 2.93 bits per heavy atom. The number of rotatable bonds is 6. The summed E-state index contributed by atoms with van der Waals surface area (Å²) < 4.78 is 11.4. The zero-order valence-corrected chi connectivity index (χ0v) is 15.6. The number of amides is 1. The second kappa shape index (κ2) is 10.3. The van der Waals surface area contributed by atoms with Crippen LogP contribution in [0.4, 0.5) is 0 Å². The highest BCUT2D eigenvalue weighted by Gasteiger charge is 2.15. The van der Waals surface area contributed by atoms with E-state index < -0.39 is 0 Å². The van der Waals surface area contributed by atoms with Crippen LogP contribution in [0.5, 0.6) is 5.75 Å². The summed E-state index contributed by atoms with van der Waals surface area (Å²) >= 11 is 0. The third-order valence-electron chi connectivity index (χ3n) is 4.34. The number of aldehydes is 1. The van der Waals surface area contributed by atoms with Gasteiger partial charge in [-0.15, -0.1) is 0 Å². The van der Waals surface area contributed by atoms with Gasteiger partial charge in [-0.2, -0.15) is 0 Å². The van der Waals surface area contributed by atoms with E-state index in [1.165, 1.54) is 0 Å². The molecule has 0 aliphatic carbocycles. The summed E-state index contributed by atoms with van der Waals surface area (Å²) in [5.41, 5.74) is 1.61. The summed E-state index contributed by atoms with van der Waals surface area (Å²) in [6, 6.07) is 14.3. The van der Waals surface area contributed by atoms with E-state index in [2.05, 4.69) is 17.2 Å². The Balaban J connectivity index is 1.48. The zero-order chi connectivity index (χ0) is 19.6. The molecular weight excluding hydrogens is 354 g/mol. The van der Waals surface area contributed by atoms with E-state index in [1.807, 2.05) is 24.3 Å². The highest BCUT2D eigenvalue weighted by molar-refractivity contribution is 6.01. The smallest absolute Gasteiger partial charge is 0.252 e. The molecule has 2 aromatic rings. The van der Waals surface area contributed by atoms with Crippen LogP contribution in [-0.4, -0.2) is 31.6 Å². The van der Waals surface area contributed by atoms with Crippen molar-refractivity contribution in [2.75, 3.05) is 13.2 Å². The molecular formula is C23H23NO4. The van der Waals surface area contributed by atoms with Crippen molar-refractivity contribution >= 4 is 12.2 Å². The van der Waals surface area contributed by atoms with Gasteiger partial charge in [0, 0.05) is 36.1 Å². The topological polar surface area (TPSA) is 64.6 Å². The first-order valence-electron chi connectivity index (χ1n) is 9.46. The van der Waals surface area contributed by atoms with Gasteiger partial charge in [-0.3, -0.25) is 9.59 Å². The molecule has 0 spiro atoms. The lowest BCUT2D eigenvalue weighted by Gasteiger charge is -2.23. The molecule has 0 bridgehead atoms. The quantitative estimate of drug-likeness (QED) is 0.475. The van der Waals surface area contributed by atoms with Gasteiger partial charge in [0.05, 0.1) is 6.61 Å². The Bertz CT molecular complexity index is 875. The average Bonchev–Trinajstić information content (AvgIpc) is 2.74. The van der Waals surface area contributed by atoms with Crippen LogP contribution in [-0.2, 0) is 4.74 Å².